The van der Waals surface area contributed by atoms with Crippen LogP contribution < -0.4 is 16.0 Å². The van der Waals surface area contributed by atoms with E-state index < -0.39 is 35.7 Å². The first-order valence-electron chi connectivity index (χ1n) is 6.25. The second-order valence-electron chi connectivity index (χ2n) is 4.96. The zero-order valence-electron chi connectivity index (χ0n) is 12.9. The number of quaternary nitrogens is 1. The second kappa shape index (κ2) is 7.48. The summed E-state index contributed by atoms with van der Waals surface area (Å²) in [5.74, 6) is -4.39. The monoisotopic (exact) mass is 397 g/mol. The van der Waals surface area contributed by atoms with Gasteiger partial charge in [0.15, 0.2) is 0 Å². The van der Waals surface area contributed by atoms with Crippen molar-refractivity contribution in [3.05, 3.63) is 38.5 Å². The fourth-order valence-electron chi connectivity index (χ4n) is 1.71. The van der Waals surface area contributed by atoms with E-state index in [1.54, 1.807) is 0 Å². The minimum Gasteiger partial charge on any atom is -0.872 e. The molecule has 0 amide bonds. The van der Waals surface area contributed by atoms with Gasteiger partial charge in [-0.1, -0.05) is 40.6 Å². The van der Waals surface area contributed by atoms with E-state index in [0.29, 0.717) is 0 Å². The van der Waals surface area contributed by atoms with Gasteiger partial charge in [0.25, 0.3) is 5.79 Å². The summed E-state index contributed by atoms with van der Waals surface area (Å²) < 4.78 is 14.8. The highest BCUT2D eigenvalue weighted by molar-refractivity contribution is 6.43. The molecular formula is C14H14Cl3NO6. The van der Waals surface area contributed by atoms with E-state index in [9.17, 15) is 14.7 Å². The molecule has 1 aliphatic heterocycles. The summed E-state index contributed by atoms with van der Waals surface area (Å²) in [5.41, 5.74) is -0.750. The molecule has 2 rings (SSSR count). The van der Waals surface area contributed by atoms with Crippen LogP contribution in [-0.2, 0) is 19.1 Å². The quantitative estimate of drug-likeness (QED) is 0.275. The lowest BCUT2D eigenvalue weighted by atomic mass is 10.2. The first kappa shape index (κ1) is 20.4. The molecule has 0 atom stereocenters. The van der Waals surface area contributed by atoms with E-state index in [2.05, 4.69) is 0 Å². The summed E-state index contributed by atoms with van der Waals surface area (Å²) in [4.78, 5) is 23.5. The molecule has 0 unspecified atom stereocenters. The predicted molar refractivity (Wildman–Crippen MR) is 86.2 cm³/mol. The lowest BCUT2D eigenvalue weighted by Crippen LogP contribution is -2.43. The largest absolute Gasteiger partial charge is 0.872 e. The van der Waals surface area contributed by atoms with Gasteiger partial charge >= 0.3 is 11.9 Å². The van der Waals surface area contributed by atoms with Gasteiger partial charge in [-0.2, -0.15) is 0 Å². The standard InChI is InChI=1S/C14H11Cl3O6.H3N/c1-14(2)22-12(19)11(13(20)23-14)9(18)5-21-10-4-7(16)6(15)3-8(10)17;/h3-4,18H,5H2,1-2H3;1H3. The third kappa shape index (κ3) is 4.45. The lowest BCUT2D eigenvalue weighted by molar-refractivity contribution is -0.312. The van der Waals surface area contributed by atoms with Crippen molar-refractivity contribution >= 4 is 46.7 Å². The second-order valence-corrected chi connectivity index (χ2v) is 6.18. The smallest absolute Gasteiger partial charge is 0.347 e. The topological polar surface area (TPSA) is 121 Å². The van der Waals surface area contributed by atoms with Crippen LogP contribution in [0.1, 0.15) is 13.8 Å². The predicted octanol–water partition coefficient (Wildman–Crippen LogP) is 2.85. The summed E-state index contributed by atoms with van der Waals surface area (Å²) in [6, 6.07) is 2.65. The number of carbonyl (C=O) groups excluding carboxylic acids is 2. The molecule has 10 heteroatoms. The van der Waals surface area contributed by atoms with Crippen molar-refractivity contribution in [2.45, 2.75) is 19.6 Å². The molecule has 1 heterocycles. The average molecular weight is 399 g/mol. The van der Waals surface area contributed by atoms with Crippen LogP contribution in [0.5, 0.6) is 5.75 Å². The SMILES string of the molecule is CC1(C)OC(=O)C(=C([O-])COc2cc(Cl)c(Cl)cc2Cl)C(=O)O1.[NH4+]. The molecule has 132 valence electrons. The maximum Gasteiger partial charge on any atom is 0.347 e. The van der Waals surface area contributed by atoms with E-state index in [-0.39, 0.29) is 27.0 Å². The van der Waals surface area contributed by atoms with Crippen LogP contribution in [0.2, 0.25) is 15.1 Å². The van der Waals surface area contributed by atoms with Crippen LogP contribution in [0.4, 0.5) is 0 Å². The van der Waals surface area contributed by atoms with E-state index in [1.165, 1.54) is 26.0 Å². The number of hydrogen-bond donors (Lipinski definition) is 1. The Hall–Kier alpha value is -1.67. The molecule has 4 N–H and O–H groups in total. The Balaban J connectivity index is 0.00000288. The van der Waals surface area contributed by atoms with E-state index in [0.717, 1.165) is 0 Å². The number of hydrogen-bond acceptors (Lipinski definition) is 6. The summed E-state index contributed by atoms with van der Waals surface area (Å²) in [7, 11) is 0. The number of benzene rings is 1. The minimum absolute atomic E-state index is 0. The van der Waals surface area contributed by atoms with Crippen molar-refractivity contribution in [1.29, 1.82) is 0 Å². The van der Waals surface area contributed by atoms with Gasteiger partial charge in [0.1, 0.15) is 17.9 Å². The molecule has 1 aromatic rings. The molecule has 0 aliphatic carbocycles. The van der Waals surface area contributed by atoms with Crippen LogP contribution in [0.3, 0.4) is 0 Å². The Morgan fingerprint density at radius 3 is 2.12 bits per heavy atom. The van der Waals surface area contributed by atoms with Crippen molar-refractivity contribution in [3.8, 4) is 5.75 Å². The van der Waals surface area contributed by atoms with Crippen LogP contribution in [0.25, 0.3) is 0 Å². The molecule has 24 heavy (non-hydrogen) atoms. The number of halogens is 3. The van der Waals surface area contributed by atoms with E-state index in [1.807, 2.05) is 0 Å². The molecule has 1 aromatic carbocycles. The maximum absolute atomic E-state index is 12.0. The zero-order valence-corrected chi connectivity index (χ0v) is 15.2. The Labute approximate surface area is 152 Å². The van der Waals surface area contributed by atoms with E-state index in [4.69, 9.17) is 49.0 Å². The molecule has 7 nitrogen and oxygen atoms in total. The van der Waals surface area contributed by atoms with E-state index >= 15 is 0 Å². The van der Waals surface area contributed by atoms with Crippen molar-refractivity contribution in [2.75, 3.05) is 6.61 Å². The fourth-order valence-corrected chi connectivity index (χ4v) is 2.30. The Morgan fingerprint density at radius 1 is 1.08 bits per heavy atom. The summed E-state index contributed by atoms with van der Waals surface area (Å²) in [5, 5.41) is 12.5. The number of carbonyl (C=O) groups is 2. The first-order chi connectivity index (χ1) is 10.6. The van der Waals surface area contributed by atoms with Gasteiger partial charge in [-0.15, -0.1) is 0 Å². The van der Waals surface area contributed by atoms with Gasteiger partial charge in [0, 0.05) is 19.9 Å². The molecule has 1 fully saturated rings. The van der Waals surface area contributed by atoms with Crippen LogP contribution in [0, 0.1) is 0 Å². The highest BCUT2D eigenvalue weighted by Gasteiger charge is 2.39. The Bertz CT molecular complexity index is 695. The fraction of sp³-hybridized carbons (Fsp3) is 0.286. The van der Waals surface area contributed by atoms with Gasteiger partial charge in [-0.25, -0.2) is 9.59 Å². The maximum atomic E-state index is 12.0. The minimum atomic E-state index is -1.42. The van der Waals surface area contributed by atoms with Gasteiger partial charge in [-0.05, 0) is 6.07 Å². The Kier molecular flexibility index (Phi) is 6.35. The molecular weight excluding hydrogens is 385 g/mol. The van der Waals surface area contributed by atoms with Crippen molar-refractivity contribution in [2.24, 2.45) is 0 Å². The molecule has 0 radical (unpaired) electrons. The number of rotatable bonds is 3. The third-order valence-electron chi connectivity index (χ3n) is 2.70. The van der Waals surface area contributed by atoms with Gasteiger partial charge in [-0.3, -0.25) is 0 Å². The summed E-state index contributed by atoms with van der Waals surface area (Å²) in [6.07, 6.45) is 0. The molecule has 1 aliphatic rings. The highest BCUT2D eigenvalue weighted by atomic mass is 35.5. The van der Waals surface area contributed by atoms with Gasteiger partial charge in [0.05, 0.1) is 15.1 Å². The van der Waals surface area contributed by atoms with Crippen LogP contribution in [-0.4, -0.2) is 24.3 Å². The summed E-state index contributed by atoms with van der Waals surface area (Å²) >= 11 is 17.5. The van der Waals surface area contributed by atoms with Crippen molar-refractivity contribution < 1.29 is 28.9 Å². The molecule has 1 saturated heterocycles. The lowest BCUT2D eigenvalue weighted by Gasteiger charge is -2.31. The Morgan fingerprint density at radius 2 is 1.58 bits per heavy atom. The molecule has 0 aromatic heterocycles. The van der Waals surface area contributed by atoms with Crippen molar-refractivity contribution in [3.63, 3.8) is 0 Å². The number of cyclic esters (lactones) is 2. The molecule has 0 spiro atoms. The molecule has 0 saturated carbocycles. The van der Waals surface area contributed by atoms with Gasteiger partial charge in [0.2, 0.25) is 0 Å². The summed E-state index contributed by atoms with van der Waals surface area (Å²) in [6.45, 7) is 2.11. The normalized spacial score (nSPS) is 16.0. The van der Waals surface area contributed by atoms with Crippen LogP contribution >= 0.6 is 34.8 Å². The third-order valence-corrected chi connectivity index (χ3v) is 3.72. The molecule has 0 bridgehead atoms. The average Bonchev–Trinajstić information content (AvgIpc) is 2.39. The van der Waals surface area contributed by atoms with Crippen LogP contribution in [0.15, 0.2) is 23.5 Å². The number of esters is 2. The highest BCUT2D eigenvalue weighted by Crippen LogP contribution is 2.34. The first-order valence-corrected chi connectivity index (χ1v) is 7.38. The number of ether oxygens (including phenoxy) is 3. The van der Waals surface area contributed by atoms with Crippen molar-refractivity contribution in [1.82, 2.24) is 6.15 Å². The van der Waals surface area contributed by atoms with Gasteiger partial charge < -0.3 is 25.5 Å². The zero-order chi connectivity index (χ0) is 17.4.